The van der Waals surface area contributed by atoms with E-state index in [9.17, 15) is 10.1 Å². The minimum atomic E-state index is -0.404. The average molecular weight is 192 g/mol. The number of aromatic nitrogens is 1. The molecule has 1 heterocycles. The van der Waals surface area contributed by atoms with E-state index in [1.165, 1.54) is 13.0 Å². The van der Waals surface area contributed by atoms with E-state index in [0.717, 1.165) is 10.6 Å². The van der Waals surface area contributed by atoms with Crippen LogP contribution in [0.15, 0.2) is 24.0 Å². The van der Waals surface area contributed by atoms with Crippen molar-refractivity contribution in [3.05, 3.63) is 44.7 Å². The number of aromatic amines is 1. The van der Waals surface area contributed by atoms with Crippen molar-refractivity contribution in [3.8, 4) is 0 Å². The third-order valence-electron chi connectivity index (χ3n) is 1.89. The zero-order chi connectivity index (χ0) is 10.6. The Morgan fingerprint density at radius 1 is 1.64 bits per heavy atom. The molecule has 0 spiro atoms. The second kappa shape index (κ2) is 4.41. The molecule has 74 valence electrons. The molecule has 0 atom stereocenters. The Bertz CT molecular complexity index is 469. The van der Waals surface area contributed by atoms with Gasteiger partial charge < -0.3 is 4.98 Å². The first-order chi connectivity index (χ1) is 6.65. The van der Waals surface area contributed by atoms with Gasteiger partial charge in [0, 0.05) is 24.5 Å². The highest BCUT2D eigenvalue weighted by molar-refractivity contribution is 5.38. The molecule has 1 N–H and O–H groups in total. The average Bonchev–Trinajstić information content (AvgIpc) is 2.60. The Kier molecular flexibility index (Phi) is 3.23. The molecule has 0 unspecified atom stereocenters. The zero-order valence-electron chi connectivity index (χ0n) is 8.15. The molecule has 1 rings (SSSR count). The van der Waals surface area contributed by atoms with Crippen molar-refractivity contribution >= 4 is 12.2 Å². The highest BCUT2D eigenvalue weighted by Crippen LogP contribution is 1.91. The van der Waals surface area contributed by atoms with Gasteiger partial charge in [0.2, 0.25) is 5.70 Å². The Morgan fingerprint density at radius 3 is 2.93 bits per heavy atom. The third-order valence-corrected chi connectivity index (χ3v) is 1.89. The molecular weight excluding hydrogens is 180 g/mol. The van der Waals surface area contributed by atoms with Crippen molar-refractivity contribution in [2.45, 2.75) is 13.8 Å². The van der Waals surface area contributed by atoms with E-state index in [4.69, 9.17) is 0 Å². The van der Waals surface area contributed by atoms with Crippen molar-refractivity contribution < 1.29 is 4.92 Å². The molecule has 4 nitrogen and oxygen atoms in total. The number of allylic oxidation sites excluding steroid dienone is 2. The number of nitrogens with one attached hydrogen (secondary N) is 1. The molecule has 0 aliphatic heterocycles. The fourth-order valence-electron chi connectivity index (χ4n) is 1.06. The van der Waals surface area contributed by atoms with Gasteiger partial charge in [-0.05, 0) is 24.3 Å². The van der Waals surface area contributed by atoms with E-state index in [0.29, 0.717) is 0 Å². The van der Waals surface area contributed by atoms with E-state index < -0.39 is 4.92 Å². The molecule has 0 radical (unpaired) electrons. The summed E-state index contributed by atoms with van der Waals surface area (Å²) in [7, 11) is 0. The Balaban J connectivity index is 3.13. The standard InChI is InChI=1S/C10H12N2O2/c1-3-10-9(6-7-11-10)5-4-8(2)12(13)14/h3-7,11H,1-2H3/b8-4+,9-5-,10-3+. The maximum atomic E-state index is 10.3. The Labute approximate surface area is 81.4 Å². The SMILES string of the molecule is C/C=c1/[nH]cc/c1=C/C=C(\C)[N+](=O)[O-]. The van der Waals surface area contributed by atoms with Gasteiger partial charge in [-0.25, -0.2) is 0 Å². The van der Waals surface area contributed by atoms with E-state index >= 15 is 0 Å². The van der Waals surface area contributed by atoms with Crippen molar-refractivity contribution in [3.63, 3.8) is 0 Å². The van der Waals surface area contributed by atoms with Crippen LogP contribution in [0.1, 0.15) is 13.8 Å². The van der Waals surface area contributed by atoms with Crippen LogP contribution in [-0.4, -0.2) is 9.91 Å². The van der Waals surface area contributed by atoms with Crippen molar-refractivity contribution in [1.82, 2.24) is 4.98 Å². The molecule has 0 amide bonds. The smallest absolute Gasteiger partial charge is 0.243 e. The van der Waals surface area contributed by atoms with Crippen LogP contribution in [0.2, 0.25) is 0 Å². The largest absolute Gasteiger partial charge is 0.361 e. The Hall–Kier alpha value is -1.84. The summed E-state index contributed by atoms with van der Waals surface area (Å²) >= 11 is 0. The monoisotopic (exact) mass is 192 g/mol. The number of rotatable bonds is 2. The molecule has 4 heteroatoms. The second-order valence-electron chi connectivity index (χ2n) is 2.87. The number of H-pyrrole nitrogens is 1. The molecule has 0 aliphatic carbocycles. The van der Waals surface area contributed by atoms with Crippen LogP contribution < -0.4 is 10.6 Å². The van der Waals surface area contributed by atoms with Gasteiger partial charge >= 0.3 is 0 Å². The summed E-state index contributed by atoms with van der Waals surface area (Å²) in [5, 5.41) is 12.2. The first kappa shape index (κ1) is 10.2. The van der Waals surface area contributed by atoms with Gasteiger partial charge in [0.15, 0.2) is 0 Å². The highest BCUT2D eigenvalue weighted by Gasteiger charge is 1.97. The lowest BCUT2D eigenvalue weighted by molar-refractivity contribution is -0.424. The van der Waals surface area contributed by atoms with E-state index in [1.54, 1.807) is 12.3 Å². The fraction of sp³-hybridized carbons (Fsp3) is 0.200. The van der Waals surface area contributed by atoms with Gasteiger partial charge in [0.05, 0.1) is 4.92 Å². The predicted octanol–water partition coefficient (Wildman–Crippen LogP) is 0.776. The van der Waals surface area contributed by atoms with Gasteiger partial charge in [-0.2, -0.15) is 0 Å². The molecule has 1 aromatic heterocycles. The first-order valence-electron chi connectivity index (χ1n) is 4.28. The lowest BCUT2D eigenvalue weighted by Gasteiger charge is -1.84. The summed E-state index contributed by atoms with van der Waals surface area (Å²) in [5.41, 5.74) is 0.133. The van der Waals surface area contributed by atoms with Gasteiger partial charge in [0.25, 0.3) is 0 Å². The summed E-state index contributed by atoms with van der Waals surface area (Å²) in [5.74, 6) is 0. The maximum absolute atomic E-state index is 10.3. The summed E-state index contributed by atoms with van der Waals surface area (Å²) in [6.45, 7) is 3.38. The quantitative estimate of drug-likeness (QED) is 0.556. The minimum absolute atomic E-state index is 0.133. The summed E-state index contributed by atoms with van der Waals surface area (Å²) < 4.78 is 0. The van der Waals surface area contributed by atoms with Gasteiger partial charge in [-0.3, -0.25) is 10.1 Å². The summed E-state index contributed by atoms with van der Waals surface area (Å²) in [6, 6.07) is 1.87. The molecule has 0 saturated carbocycles. The van der Waals surface area contributed by atoms with Crippen LogP contribution >= 0.6 is 0 Å². The van der Waals surface area contributed by atoms with Crippen LogP contribution in [0, 0.1) is 10.1 Å². The van der Waals surface area contributed by atoms with Gasteiger partial charge in [-0.1, -0.05) is 6.08 Å². The predicted molar refractivity (Wildman–Crippen MR) is 55.4 cm³/mol. The van der Waals surface area contributed by atoms with Crippen molar-refractivity contribution in [2.24, 2.45) is 0 Å². The van der Waals surface area contributed by atoms with Crippen LogP contribution in [-0.2, 0) is 0 Å². The molecule has 0 aliphatic rings. The van der Waals surface area contributed by atoms with Crippen LogP contribution in [0.4, 0.5) is 0 Å². The first-order valence-corrected chi connectivity index (χ1v) is 4.28. The van der Waals surface area contributed by atoms with Crippen LogP contribution in [0.3, 0.4) is 0 Å². The highest BCUT2D eigenvalue weighted by atomic mass is 16.6. The number of hydrogen-bond donors (Lipinski definition) is 1. The molecular formula is C10H12N2O2. The number of hydrogen-bond acceptors (Lipinski definition) is 2. The van der Waals surface area contributed by atoms with Crippen molar-refractivity contribution in [2.75, 3.05) is 0 Å². The zero-order valence-corrected chi connectivity index (χ0v) is 8.15. The third kappa shape index (κ3) is 2.32. The van der Waals surface area contributed by atoms with Gasteiger partial charge in [0.1, 0.15) is 0 Å². The van der Waals surface area contributed by atoms with E-state index in [2.05, 4.69) is 4.98 Å². The normalized spacial score (nSPS) is 14.9. The second-order valence-corrected chi connectivity index (χ2v) is 2.87. The summed E-state index contributed by atoms with van der Waals surface area (Å²) in [6.07, 6.45) is 6.94. The van der Waals surface area contributed by atoms with E-state index in [-0.39, 0.29) is 5.70 Å². The van der Waals surface area contributed by atoms with Crippen LogP contribution in [0.5, 0.6) is 0 Å². The number of nitro groups is 1. The van der Waals surface area contributed by atoms with E-state index in [1.807, 2.05) is 19.1 Å². The van der Waals surface area contributed by atoms with Gasteiger partial charge in [-0.15, -0.1) is 0 Å². The minimum Gasteiger partial charge on any atom is -0.361 e. The van der Waals surface area contributed by atoms with Crippen LogP contribution in [0.25, 0.3) is 12.2 Å². The molecule has 1 aromatic rings. The molecule has 0 saturated heterocycles. The molecule has 14 heavy (non-hydrogen) atoms. The fourth-order valence-corrected chi connectivity index (χ4v) is 1.06. The number of nitrogens with zero attached hydrogens (tertiary/aromatic N) is 1. The topological polar surface area (TPSA) is 58.9 Å². The lowest BCUT2D eigenvalue weighted by Crippen LogP contribution is -2.21. The molecule has 0 aromatic carbocycles. The maximum Gasteiger partial charge on any atom is 0.243 e. The lowest BCUT2D eigenvalue weighted by atomic mass is 10.3. The summed E-state index contributed by atoms with van der Waals surface area (Å²) in [4.78, 5) is 12.9. The van der Waals surface area contributed by atoms with Crippen molar-refractivity contribution in [1.29, 1.82) is 0 Å². The molecule has 0 bridgehead atoms. The molecule has 0 fully saturated rings. The Morgan fingerprint density at radius 2 is 2.36 bits per heavy atom.